The third kappa shape index (κ3) is 6.73. The van der Waals surface area contributed by atoms with E-state index in [0.717, 1.165) is 18.5 Å². The maximum absolute atomic E-state index is 12.3. The number of hydrogen-bond acceptors (Lipinski definition) is 4. The molecule has 0 radical (unpaired) electrons. The van der Waals surface area contributed by atoms with Gasteiger partial charge in [0.05, 0.1) is 6.61 Å². The first-order valence-corrected chi connectivity index (χ1v) is 7.08. The lowest BCUT2D eigenvalue weighted by Crippen LogP contribution is -2.21. The summed E-state index contributed by atoms with van der Waals surface area (Å²) in [5.41, 5.74) is 0.927. The SMILES string of the molecule is CCOc1cc(CNCC(C)CCO)ccc1OC(F)F. The summed E-state index contributed by atoms with van der Waals surface area (Å²) >= 11 is 0. The fourth-order valence-electron chi connectivity index (χ4n) is 1.91. The Bertz CT molecular complexity index is 416. The molecule has 1 unspecified atom stereocenters. The van der Waals surface area contributed by atoms with Crippen molar-refractivity contribution in [1.29, 1.82) is 0 Å². The average molecular weight is 303 g/mol. The van der Waals surface area contributed by atoms with Crippen LogP contribution in [0.2, 0.25) is 0 Å². The summed E-state index contributed by atoms with van der Waals surface area (Å²) < 4.78 is 34.3. The highest BCUT2D eigenvalue weighted by molar-refractivity contribution is 5.43. The van der Waals surface area contributed by atoms with E-state index < -0.39 is 6.61 Å². The Balaban J connectivity index is 2.60. The van der Waals surface area contributed by atoms with Gasteiger partial charge in [-0.1, -0.05) is 13.0 Å². The Labute approximate surface area is 124 Å². The van der Waals surface area contributed by atoms with Gasteiger partial charge in [0.2, 0.25) is 0 Å². The fraction of sp³-hybridized carbons (Fsp3) is 0.600. The molecule has 1 aromatic carbocycles. The first-order chi connectivity index (χ1) is 10.1. The Kier molecular flexibility index (Phi) is 8.00. The Morgan fingerprint density at radius 2 is 2.05 bits per heavy atom. The van der Waals surface area contributed by atoms with Crippen LogP contribution in [0.15, 0.2) is 18.2 Å². The normalized spacial score (nSPS) is 12.5. The predicted molar refractivity (Wildman–Crippen MR) is 76.8 cm³/mol. The van der Waals surface area contributed by atoms with Crippen molar-refractivity contribution in [3.8, 4) is 11.5 Å². The summed E-state index contributed by atoms with van der Waals surface area (Å²) in [6.07, 6.45) is 0.748. The van der Waals surface area contributed by atoms with Crippen molar-refractivity contribution >= 4 is 0 Å². The lowest BCUT2D eigenvalue weighted by molar-refractivity contribution is -0.0514. The molecule has 21 heavy (non-hydrogen) atoms. The molecule has 0 heterocycles. The van der Waals surface area contributed by atoms with Gasteiger partial charge in [0.25, 0.3) is 0 Å². The summed E-state index contributed by atoms with van der Waals surface area (Å²) in [4.78, 5) is 0. The minimum atomic E-state index is -2.87. The van der Waals surface area contributed by atoms with Gasteiger partial charge in [0.15, 0.2) is 11.5 Å². The third-order valence-corrected chi connectivity index (χ3v) is 2.97. The summed E-state index contributed by atoms with van der Waals surface area (Å²) in [6, 6.07) is 4.92. The molecule has 0 aliphatic carbocycles. The first-order valence-electron chi connectivity index (χ1n) is 7.08. The number of ether oxygens (including phenoxy) is 2. The number of aliphatic hydroxyl groups is 1. The highest BCUT2D eigenvalue weighted by Gasteiger charge is 2.11. The van der Waals surface area contributed by atoms with Crippen molar-refractivity contribution in [2.75, 3.05) is 19.8 Å². The lowest BCUT2D eigenvalue weighted by atomic mass is 10.1. The first kappa shape index (κ1) is 17.7. The van der Waals surface area contributed by atoms with Crippen LogP contribution in [0.5, 0.6) is 11.5 Å². The largest absolute Gasteiger partial charge is 0.490 e. The summed E-state index contributed by atoms with van der Waals surface area (Å²) in [7, 11) is 0. The topological polar surface area (TPSA) is 50.7 Å². The van der Waals surface area contributed by atoms with Gasteiger partial charge in [-0.3, -0.25) is 0 Å². The molecule has 0 amide bonds. The third-order valence-electron chi connectivity index (χ3n) is 2.97. The minimum absolute atomic E-state index is 0.0456. The molecule has 1 aromatic rings. The van der Waals surface area contributed by atoms with Crippen molar-refractivity contribution in [3.05, 3.63) is 23.8 Å². The van der Waals surface area contributed by atoms with Crippen LogP contribution in [0.1, 0.15) is 25.8 Å². The van der Waals surface area contributed by atoms with E-state index in [-0.39, 0.29) is 12.4 Å². The standard InChI is InChI=1S/C15H23F2NO3/c1-3-20-14-8-12(4-5-13(14)21-15(16)17)10-18-9-11(2)6-7-19/h4-5,8,11,15,18-19H,3,6-7,9-10H2,1-2H3. The van der Waals surface area contributed by atoms with E-state index in [2.05, 4.69) is 17.0 Å². The van der Waals surface area contributed by atoms with Gasteiger partial charge in [0.1, 0.15) is 0 Å². The molecule has 1 rings (SSSR count). The highest BCUT2D eigenvalue weighted by Crippen LogP contribution is 2.29. The highest BCUT2D eigenvalue weighted by atomic mass is 19.3. The molecule has 0 spiro atoms. The second-order valence-corrected chi connectivity index (χ2v) is 4.84. The Morgan fingerprint density at radius 3 is 2.67 bits per heavy atom. The number of rotatable bonds is 10. The van der Waals surface area contributed by atoms with E-state index in [1.54, 1.807) is 19.1 Å². The fourth-order valence-corrected chi connectivity index (χ4v) is 1.91. The molecule has 6 heteroatoms. The van der Waals surface area contributed by atoms with Gasteiger partial charge in [-0.25, -0.2) is 0 Å². The minimum Gasteiger partial charge on any atom is -0.490 e. The number of alkyl halides is 2. The molecular weight excluding hydrogens is 280 g/mol. The number of nitrogens with one attached hydrogen (secondary N) is 1. The molecule has 0 aromatic heterocycles. The quantitative estimate of drug-likeness (QED) is 0.698. The van der Waals surface area contributed by atoms with Crippen LogP contribution < -0.4 is 14.8 Å². The van der Waals surface area contributed by atoms with Gasteiger partial charge in [-0.15, -0.1) is 0 Å². The van der Waals surface area contributed by atoms with Crippen molar-refractivity contribution in [1.82, 2.24) is 5.32 Å². The van der Waals surface area contributed by atoms with Crippen LogP contribution in [0.4, 0.5) is 8.78 Å². The van der Waals surface area contributed by atoms with Crippen molar-refractivity contribution in [2.45, 2.75) is 33.4 Å². The smallest absolute Gasteiger partial charge is 0.387 e. The molecule has 0 bridgehead atoms. The number of hydrogen-bond donors (Lipinski definition) is 2. The number of halogens is 2. The van der Waals surface area contributed by atoms with Crippen LogP contribution in [-0.2, 0) is 6.54 Å². The second kappa shape index (κ2) is 9.52. The van der Waals surface area contributed by atoms with E-state index in [9.17, 15) is 8.78 Å². The molecule has 4 nitrogen and oxygen atoms in total. The molecule has 0 saturated carbocycles. The van der Waals surface area contributed by atoms with Crippen LogP contribution in [0.25, 0.3) is 0 Å². The van der Waals surface area contributed by atoms with E-state index >= 15 is 0 Å². The number of aliphatic hydroxyl groups excluding tert-OH is 1. The Morgan fingerprint density at radius 1 is 1.29 bits per heavy atom. The van der Waals surface area contributed by atoms with Crippen molar-refractivity contribution < 1.29 is 23.4 Å². The zero-order chi connectivity index (χ0) is 15.7. The monoisotopic (exact) mass is 303 g/mol. The van der Waals surface area contributed by atoms with E-state index in [4.69, 9.17) is 9.84 Å². The molecular formula is C15H23F2NO3. The van der Waals surface area contributed by atoms with E-state index in [1.165, 1.54) is 6.07 Å². The molecule has 0 fully saturated rings. The van der Waals surface area contributed by atoms with Gasteiger partial charge in [0, 0.05) is 13.2 Å². The van der Waals surface area contributed by atoms with Crippen molar-refractivity contribution in [2.24, 2.45) is 5.92 Å². The van der Waals surface area contributed by atoms with Gasteiger partial charge >= 0.3 is 6.61 Å². The summed E-state index contributed by atoms with van der Waals surface area (Å²) in [6.45, 7) is 2.90. The molecule has 120 valence electrons. The van der Waals surface area contributed by atoms with Crippen molar-refractivity contribution in [3.63, 3.8) is 0 Å². The molecule has 1 atom stereocenters. The van der Waals surface area contributed by atoms with Gasteiger partial charge in [-0.2, -0.15) is 8.78 Å². The van der Waals surface area contributed by atoms with Gasteiger partial charge in [-0.05, 0) is 43.5 Å². The predicted octanol–water partition coefficient (Wildman–Crippen LogP) is 2.79. The molecule has 0 aliphatic heterocycles. The molecule has 2 N–H and O–H groups in total. The van der Waals surface area contributed by atoms with E-state index in [1.807, 2.05) is 0 Å². The summed E-state index contributed by atoms with van der Waals surface area (Å²) in [5.74, 6) is 0.743. The Hall–Kier alpha value is -1.40. The second-order valence-electron chi connectivity index (χ2n) is 4.84. The maximum Gasteiger partial charge on any atom is 0.387 e. The van der Waals surface area contributed by atoms with Crippen LogP contribution >= 0.6 is 0 Å². The molecule has 0 aliphatic rings. The van der Waals surface area contributed by atoms with Gasteiger partial charge < -0.3 is 19.9 Å². The van der Waals surface area contributed by atoms with Crippen LogP contribution in [0.3, 0.4) is 0 Å². The maximum atomic E-state index is 12.3. The number of benzene rings is 1. The zero-order valence-corrected chi connectivity index (χ0v) is 12.4. The van der Waals surface area contributed by atoms with Crippen LogP contribution in [0, 0.1) is 5.92 Å². The average Bonchev–Trinajstić information content (AvgIpc) is 2.41. The lowest BCUT2D eigenvalue weighted by Gasteiger charge is -2.14. The zero-order valence-electron chi connectivity index (χ0n) is 12.4. The van der Waals surface area contributed by atoms with Crippen LogP contribution in [-0.4, -0.2) is 31.5 Å². The van der Waals surface area contributed by atoms with E-state index in [0.29, 0.717) is 24.8 Å². The summed E-state index contributed by atoms with van der Waals surface area (Å²) in [5, 5.41) is 12.1. The molecule has 0 saturated heterocycles.